The van der Waals surface area contributed by atoms with Crippen LogP contribution in [0.5, 0.6) is 0 Å². The summed E-state index contributed by atoms with van der Waals surface area (Å²) in [5.74, 6) is -0.0913. The molecule has 0 unspecified atom stereocenters. The first-order chi connectivity index (χ1) is 16.5. The van der Waals surface area contributed by atoms with E-state index in [2.05, 4.69) is 17.1 Å². The van der Waals surface area contributed by atoms with Crippen LogP contribution in [0.4, 0.5) is 0 Å². The standard InChI is InChI=1S/C27H34N4O3/c1-3-30-23-10-4-5-11-24(23)31(27(34)26(30)33)19-21-12-14-22(15-13-21)25(32)28-16-8-18-29-17-7-6-9-20(29)2/h4-5,10-15,20H,3,6-9,16-19H2,1-2H3,(H,28,32)/t20-/m1/s1. The van der Waals surface area contributed by atoms with E-state index in [4.69, 9.17) is 0 Å². The van der Waals surface area contributed by atoms with Gasteiger partial charge in [-0.1, -0.05) is 30.7 Å². The van der Waals surface area contributed by atoms with E-state index >= 15 is 0 Å². The van der Waals surface area contributed by atoms with Gasteiger partial charge in [-0.15, -0.1) is 0 Å². The van der Waals surface area contributed by atoms with E-state index in [1.807, 2.05) is 43.3 Å². The third-order valence-corrected chi connectivity index (χ3v) is 6.86. The summed E-state index contributed by atoms with van der Waals surface area (Å²) in [6.45, 7) is 7.67. The second kappa shape index (κ2) is 10.8. The molecule has 180 valence electrons. The lowest BCUT2D eigenvalue weighted by Crippen LogP contribution is -2.41. The van der Waals surface area contributed by atoms with Crippen molar-refractivity contribution >= 4 is 16.9 Å². The Labute approximate surface area is 200 Å². The van der Waals surface area contributed by atoms with Crippen LogP contribution in [-0.2, 0) is 13.1 Å². The molecule has 2 aromatic carbocycles. The summed E-state index contributed by atoms with van der Waals surface area (Å²) in [5.41, 5.74) is 1.86. The molecule has 0 radical (unpaired) electrons. The normalized spacial score (nSPS) is 16.6. The third-order valence-electron chi connectivity index (χ3n) is 6.86. The van der Waals surface area contributed by atoms with E-state index in [-0.39, 0.29) is 12.5 Å². The molecule has 0 spiro atoms. The highest BCUT2D eigenvalue weighted by Crippen LogP contribution is 2.16. The molecule has 0 aliphatic carbocycles. The maximum absolute atomic E-state index is 12.8. The van der Waals surface area contributed by atoms with Crippen molar-refractivity contribution in [2.45, 2.75) is 58.7 Å². The van der Waals surface area contributed by atoms with Gasteiger partial charge in [0.25, 0.3) is 5.91 Å². The molecule has 1 saturated heterocycles. The van der Waals surface area contributed by atoms with Crippen LogP contribution in [0.25, 0.3) is 11.0 Å². The highest BCUT2D eigenvalue weighted by atomic mass is 16.2. The molecule has 1 amide bonds. The molecule has 1 aromatic heterocycles. The quantitative estimate of drug-likeness (QED) is 0.412. The van der Waals surface area contributed by atoms with Gasteiger partial charge in [0.2, 0.25) is 0 Å². The molecule has 34 heavy (non-hydrogen) atoms. The first-order valence-electron chi connectivity index (χ1n) is 12.3. The molecule has 7 nitrogen and oxygen atoms in total. The number of aryl methyl sites for hydroxylation is 1. The summed E-state index contributed by atoms with van der Waals surface area (Å²) in [5, 5.41) is 3.01. The third kappa shape index (κ3) is 5.14. The zero-order valence-electron chi connectivity index (χ0n) is 20.1. The van der Waals surface area contributed by atoms with Crippen molar-refractivity contribution in [2.75, 3.05) is 19.6 Å². The number of fused-ring (bicyclic) bond motifs is 1. The van der Waals surface area contributed by atoms with Crippen LogP contribution in [0.2, 0.25) is 0 Å². The summed E-state index contributed by atoms with van der Waals surface area (Å²) in [7, 11) is 0. The first kappa shape index (κ1) is 24.0. The predicted octanol–water partition coefficient (Wildman–Crippen LogP) is 3.23. The number of para-hydroxylation sites is 2. The second-order valence-electron chi connectivity index (χ2n) is 9.12. The fraction of sp³-hybridized carbons (Fsp3) is 0.444. The number of likely N-dealkylation sites (tertiary alicyclic amines) is 1. The Bertz CT molecular complexity index is 1260. The van der Waals surface area contributed by atoms with Gasteiger partial charge in [-0.2, -0.15) is 0 Å². The monoisotopic (exact) mass is 462 g/mol. The van der Waals surface area contributed by atoms with Gasteiger partial charge in [-0.3, -0.25) is 19.0 Å². The smallest absolute Gasteiger partial charge is 0.317 e. The Morgan fingerprint density at radius 2 is 1.65 bits per heavy atom. The molecular formula is C27H34N4O3. The Hall–Kier alpha value is -3.19. The van der Waals surface area contributed by atoms with Crippen molar-refractivity contribution in [1.29, 1.82) is 0 Å². The van der Waals surface area contributed by atoms with Gasteiger partial charge in [-0.05, 0) is 69.5 Å². The lowest BCUT2D eigenvalue weighted by molar-refractivity contribution is 0.0949. The van der Waals surface area contributed by atoms with Crippen molar-refractivity contribution in [2.24, 2.45) is 0 Å². The molecule has 0 bridgehead atoms. The van der Waals surface area contributed by atoms with E-state index < -0.39 is 11.1 Å². The molecule has 7 heteroatoms. The minimum Gasteiger partial charge on any atom is -0.352 e. The second-order valence-corrected chi connectivity index (χ2v) is 9.12. The maximum Gasteiger partial charge on any atom is 0.317 e. The van der Waals surface area contributed by atoms with Gasteiger partial charge in [0, 0.05) is 31.2 Å². The summed E-state index contributed by atoms with van der Waals surface area (Å²) < 4.78 is 3.02. The number of amides is 1. The highest BCUT2D eigenvalue weighted by Gasteiger charge is 2.17. The molecule has 1 atom stereocenters. The molecule has 2 heterocycles. The zero-order chi connectivity index (χ0) is 24.1. The average molecular weight is 463 g/mol. The molecular weight excluding hydrogens is 428 g/mol. The van der Waals surface area contributed by atoms with Crippen LogP contribution in [0.15, 0.2) is 58.1 Å². The highest BCUT2D eigenvalue weighted by molar-refractivity contribution is 5.94. The van der Waals surface area contributed by atoms with Crippen LogP contribution in [0.3, 0.4) is 0 Å². The van der Waals surface area contributed by atoms with Crippen LogP contribution in [-0.4, -0.2) is 45.6 Å². The lowest BCUT2D eigenvalue weighted by Gasteiger charge is -2.33. The van der Waals surface area contributed by atoms with Crippen LogP contribution in [0.1, 0.15) is 55.5 Å². The van der Waals surface area contributed by atoms with Gasteiger partial charge >= 0.3 is 11.1 Å². The summed E-state index contributed by atoms with van der Waals surface area (Å²) in [4.78, 5) is 40.4. The molecule has 1 aliphatic heterocycles. The molecule has 4 rings (SSSR count). The minimum absolute atomic E-state index is 0.0913. The fourth-order valence-corrected chi connectivity index (χ4v) is 4.86. The first-order valence-corrected chi connectivity index (χ1v) is 12.3. The van der Waals surface area contributed by atoms with Gasteiger partial charge < -0.3 is 14.8 Å². The van der Waals surface area contributed by atoms with Crippen molar-refractivity contribution < 1.29 is 4.79 Å². The fourth-order valence-electron chi connectivity index (χ4n) is 4.86. The number of benzene rings is 2. The summed E-state index contributed by atoms with van der Waals surface area (Å²) >= 11 is 0. The Morgan fingerprint density at radius 3 is 2.32 bits per heavy atom. The topological polar surface area (TPSA) is 76.3 Å². The van der Waals surface area contributed by atoms with E-state index in [0.717, 1.165) is 36.1 Å². The number of piperidine rings is 1. The zero-order valence-corrected chi connectivity index (χ0v) is 20.1. The molecule has 1 aliphatic rings. The summed E-state index contributed by atoms with van der Waals surface area (Å²) in [6.07, 6.45) is 4.78. The van der Waals surface area contributed by atoms with Crippen molar-refractivity contribution in [3.8, 4) is 0 Å². The lowest BCUT2D eigenvalue weighted by atomic mass is 10.0. The molecule has 1 N–H and O–H groups in total. The molecule has 0 saturated carbocycles. The SMILES string of the molecule is CCn1c(=O)c(=O)n(Cc2ccc(C(=O)NCCCN3CCCC[C@H]3C)cc2)c2ccccc21. The molecule has 3 aromatic rings. The van der Waals surface area contributed by atoms with Crippen LogP contribution < -0.4 is 16.4 Å². The van der Waals surface area contributed by atoms with E-state index in [1.54, 1.807) is 12.1 Å². The van der Waals surface area contributed by atoms with Gasteiger partial charge in [0.1, 0.15) is 0 Å². The number of carbonyl (C=O) groups is 1. The largest absolute Gasteiger partial charge is 0.352 e. The Morgan fingerprint density at radius 1 is 0.971 bits per heavy atom. The van der Waals surface area contributed by atoms with E-state index in [1.165, 1.54) is 28.4 Å². The number of aromatic nitrogens is 2. The molecule has 1 fully saturated rings. The van der Waals surface area contributed by atoms with Gasteiger partial charge in [0.15, 0.2) is 0 Å². The average Bonchev–Trinajstić information content (AvgIpc) is 2.86. The van der Waals surface area contributed by atoms with Crippen molar-refractivity contribution in [3.63, 3.8) is 0 Å². The van der Waals surface area contributed by atoms with E-state index in [0.29, 0.717) is 24.7 Å². The van der Waals surface area contributed by atoms with Gasteiger partial charge in [0.05, 0.1) is 17.6 Å². The van der Waals surface area contributed by atoms with Crippen LogP contribution >= 0.6 is 0 Å². The Kier molecular flexibility index (Phi) is 7.63. The number of hydrogen-bond acceptors (Lipinski definition) is 4. The number of carbonyl (C=O) groups excluding carboxylic acids is 1. The number of nitrogens with zero attached hydrogens (tertiary/aromatic N) is 3. The predicted molar refractivity (Wildman–Crippen MR) is 136 cm³/mol. The van der Waals surface area contributed by atoms with E-state index in [9.17, 15) is 14.4 Å². The van der Waals surface area contributed by atoms with Gasteiger partial charge in [-0.25, -0.2) is 0 Å². The maximum atomic E-state index is 12.8. The Balaban J connectivity index is 1.40. The van der Waals surface area contributed by atoms with Crippen molar-refractivity contribution in [3.05, 3.63) is 80.4 Å². The van der Waals surface area contributed by atoms with Crippen molar-refractivity contribution in [1.82, 2.24) is 19.4 Å². The number of hydrogen-bond donors (Lipinski definition) is 1. The number of rotatable bonds is 8. The number of nitrogens with one attached hydrogen (secondary N) is 1. The summed E-state index contributed by atoms with van der Waals surface area (Å²) in [6, 6.07) is 15.3. The minimum atomic E-state index is -0.537. The van der Waals surface area contributed by atoms with Crippen LogP contribution in [0, 0.1) is 0 Å².